The van der Waals surface area contributed by atoms with Gasteiger partial charge in [-0.15, -0.1) is 0 Å². The number of β-amino-alcohol motifs (C(OH)–C–C–N with tert-alkyl or cyclic N) is 1. The lowest BCUT2D eigenvalue weighted by Gasteiger charge is -2.33. The van der Waals surface area contributed by atoms with Gasteiger partial charge in [-0.3, -0.25) is 15.0 Å². The fourth-order valence-corrected chi connectivity index (χ4v) is 2.58. The zero-order valence-electron chi connectivity index (χ0n) is 9.28. The minimum Gasteiger partial charge on any atom is -0.395 e. The summed E-state index contributed by atoms with van der Waals surface area (Å²) in [5.41, 5.74) is 0. The van der Waals surface area contributed by atoms with Crippen LogP contribution in [0.3, 0.4) is 0 Å². The van der Waals surface area contributed by atoms with E-state index in [1.54, 1.807) is 0 Å². The van der Waals surface area contributed by atoms with E-state index in [1.165, 1.54) is 6.20 Å². The molecule has 94 valence electrons. The van der Waals surface area contributed by atoms with Gasteiger partial charge in [0.1, 0.15) is 6.20 Å². The standard InChI is InChI=1S/C9H14N4O3S/c14-6-5-11-1-3-12(4-2-11)9-10-7-8(17-9)13(15)16/h7,14H,1-6H2. The molecule has 7 nitrogen and oxygen atoms in total. The number of rotatable bonds is 4. The smallest absolute Gasteiger partial charge is 0.345 e. The molecule has 0 atom stereocenters. The predicted molar refractivity (Wildman–Crippen MR) is 64.5 cm³/mol. The van der Waals surface area contributed by atoms with Crippen LogP contribution in [0.5, 0.6) is 0 Å². The first-order valence-corrected chi connectivity index (χ1v) is 6.20. The van der Waals surface area contributed by atoms with E-state index in [4.69, 9.17) is 5.11 Å². The molecule has 8 heteroatoms. The van der Waals surface area contributed by atoms with Crippen LogP contribution in [0.1, 0.15) is 0 Å². The van der Waals surface area contributed by atoms with Gasteiger partial charge in [0.25, 0.3) is 0 Å². The Kier molecular flexibility index (Phi) is 3.87. The van der Waals surface area contributed by atoms with Crippen molar-refractivity contribution in [3.63, 3.8) is 0 Å². The molecule has 1 aliphatic heterocycles. The van der Waals surface area contributed by atoms with Gasteiger partial charge in [-0.05, 0) is 11.3 Å². The topological polar surface area (TPSA) is 82.7 Å². The molecule has 1 N–H and O–H groups in total. The van der Waals surface area contributed by atoms with Crippen molar-refractivity contribution in [3.05, 3.63) is 16.3 Å². The lowest BCUT2D eigenvalue weighted by atomic mass is 10.3. The highest BCUT2D eigenvalue weighted by atomic mass is 32.1. The van der Waals surface area contributed by atoms with E-state index in [0.29, 0.717) is 11.7 Å². The second-order valence-electron chi connectivity index (χ2n) is 3.79. The first-order valence-electron chi connectivity index (χ1n) is 5.39. The second kappa shape index (κ2) is 5.39. The molecule has 0 saturated carbocycles. The zero-order valence-corrected chi connectivity index (χ0v) is 10.1. The quantitative estimate of drug-likeness (QED) is 0.612. The maximum absolute atomic E-state index is 10.6. The fraction of sp³-hybridized carbons (Fsp3) is 0.667. The van der Waals surface area contributed by atoms with E-state index in [9.17, 15) is 10.1 Å². The molecule has 1 fully saturated rings. The van der Waals surface area contributed by atoms with Crippen molar-refractivity contribution in [2.45, 2.75) is 0 Å². The third kappa shape index (κ3) is 2.90. The van der Waals surface area contributed by atoms with E-state index >= 15 is 0 Å². The number of anilines is 1. The van der Waals surface area contributed by atoms with Crippen LogP contribution in [0.2, 0.25) is 0 Å². The Morgan fingerprint density at radius 3 is 2.71 bits per heavy atom. The second-order valence-corrected chi connectivity index (χ2v) is 4.78. The van der Waals surface area contributed by atoms with Crippen molar-refractivity contribution in [2.75, 3.05) is 44.2 Å². The zero-order chi connectivity index (χ0) is 12.3. The van der Waals surface area contributed by atoms with Gasteiger partial charge in [0, 0.05) is 32.7 Å². The molecule has 0 aliphatic carbocycles. The number of nitrogens with zero attached hydrogens (tertiary/aromatic N) is 4. The van der Waals surface area contributed by atoms with Crippen molar-refractivity contribution in [1.29, 1.82) is 0 Å². The highest BCUT2D eigenvalue weighted by Crippen LogP contribution is 2.28. The molecule has 2 rings (SSSR count). The Morgan fingerprint density at radius 1 is 1.47 bits per heavy atom. The molecular formula is C9H14N4O3S. The van der Waals surface area contributed by atoms with Gasteiger partial charge in [0.15, 0.2) is 5.13 Å². The summed E-state index contributed by atoms with van der Waals surface area (Å²) in [6, 6.07) is 0. The maximum atomic E-state index is 10.6. The Bertz CT molecular complexity index is 389. The molecule has 0 radical (unpaired) electrons. The van der Waals surface area contributed by atoms with Gasteiger partial charge in [0.2, 0.25) is 0 Å². The van der Waals surface area contributed by atoms with Crippen LogP contribution in [0, 0.1) is 10.1 Å². The average Bonchev–Trinajstić information content (AvgIpc) is 2.80. The van der Waals surface area contributed by atoms with Gasteiger partial charge in [-0.25, -0.2) is 4.98 Å². The van der Waals surface area contributed by atoms with Crippen molar-refractivity contribution >= 4 is 21.5 Å². The summed E-state index contributed by atoms with van der Waals surface area (Å²) in [5, 5.41) is 20.2. The van der Waals surface area contributed by atoms with Crippen molar-refractivity contribution in [2.24, 2.45) is 0 Å². The van der Waals surface area contributed by atoms with Crippen LogP contribution in [-0.2, 0) is 0 Å². The van der Waals surface area contributed by atoms with E-state index in [-0.39, 0.29) is 11.6 Å². The number of nitro groups is 1. The van der Waals surface area contributed by atoms with Crippen LogP contribution >= 0.6 is 11.3 Å². The molecule has 0 aromatic carbocycles. The maximum Gasteiger partial charge on any atom is 0.345 e. The van der Waals surface area contributed by atoms with Gasteiger partial charge >= 0.3 is 5.00 Å². The molecule has 1 aromatic rings. The largest absolute Gasteiger partial charge is 0.395 e. The Hall–Kier alpha value is -1.25. The number of aliphatic hydroxyl groups is 1. The van der Waals surface area contributed by atoms with Crippen LogP contribution in [-0.4, -0.2) is 59.2 Å². The van der Waals surface area contributed by atoms with Crippen LogP contribution in [0.15, 0.2) is 6.20 Å². The molecule has 2 heterocycles. The van der Waals surface area contributed by atoms with Crippen LogP contribution < -0.4 is 4.90 Å². The van der Waals surface area contributed by atoms with E-state index in [0.717, 1.165) is 37.5 Å². The summed E-state index contributed by atoms with van der Waals surface area (Å²) < 4.78 is 0. The Balaban J connectivity index is 1.93. The van der Waals surface area contributed by atoms with E-state index < -0.39 is 4.92 Å². The first-order chi connectivity index (χ1) is 8.20. The van der Waals surface area contributed by atoms with Gasteiger partial charge in [-0.2, -0.15) is 0 Å². The highest BCUT2D eigenvalue weighted by Gasteiger charge is 2.21. The first kappa shape index (κ1) is 12.2. The lowest BCUT2D eigenvalue weighted by Crippen LogP contribution is -2.47. The highest BCUT2D eigenvalue weighted by molar-refractivity contribution is 7.18. The third-order valence-corrected chi connectivity index (χ3v) is 3.73. The minimum absolute atomic E-state index is 0.0813. The summed E-state index contributed by atoms with van der Waals surface area (Å²) >= 11 is 1.11. The number of aliphatic hydroxyl groups excluding tert-OH is 1. The number of piperazine rings is 1. The van der Waals surface area contributed by atoms with Crippen molar-refractivity contribution < 1.29 is 10.0 Å². The Morgan fingerprint density at radius 2 is 2.18 bits per heavy atom. The van der Waals surface area contributed by atoms with E-state index in [2.05, 4.69) is 9.88 Å². The number of aromatic nitrogens is 1. The lowest BCUT2D eigenvalue weighted by molar-refractivity contribution is -0.380. The predicted octanol–water partition coefficient (Wildman–Crippen LogP) is 0.166. The molecule has 0 spiro atoms. The molecule has 1 aromatic heterocycles. The molecular weight excluding hydrogens is 244 g/mol. The number of hydrogen-bond donors (Lipinski definition) is 1. The summed E-state index contributed by atoms with van der Waals surface area (Å²) in [7, 11) is 0. The molecule has 0 bridgehead atoms. The SMILES string of the molecule is O=[N+]([O-])c1cnc(N2CCN(CCO)CC2)s1. The van der Waals surface area contributed by atoms with Crippen molar-refractivity contribution in [1.82, 2.24) is 9.88 Å². The number of thiazole rings is 1. The third-order valence-electron chi connectivity index (χ3n) is 2.72. The molecule has 0 amide bonds. The summed E-state index contributed by atoms with van der Waals surface area (Å²) in [4.78, 5) is 18.4. The average molecular weight is 258 g/mol. The molecule has 1 saturated heterocycles. The minimum atomic E-state index is -0.414. The summed E-state index contributed by atoms with van der Waals surface area (Å²) in [5.74, 6) is 0. The van der Waals surface area contributed by atoms with Crippen LogP contribution in [0.25, 0.3) is 0 Å². The monoisotopic (exact) mass is 258 g/mol. The molecule has 0 unspecified atom stereocenters. The van der Waals surface area contributed by atoms with E-state index in [1.807, 2.05) is 4.90 Å². The summed E-state index contributed by atoms with van der Waals surface area (Å²) in [6.45, 7) is 4.16. The van der Waals surface area contributed by atoms with Crippen molar-refractivity contribution in [3.8, 4) is 0 Å². The Labute approximate surface area is 102 Å². The van der Waals surface area contributed by atoms with Gasteiger partial charge in [0.05, 0.1) is 11.5 Å². The number of hydrogen-bond acceptors (Lipinski definition) is 7. The van der Waals surface area contributed by atoms with Crippen LogP contribution in [0.4, 0.5) is 10.1 Å². The summed E-state index contributed by atoms with van der Waals surface area (Å²) in [6.07, 6.45) is 1.31. The fourth-order valence-electron chi connectivity index (χ4n) is 1.79. The molecule has 1 aliphatic rings. The van der Waals surface area contributed by atoms with Gasteiger partial charge in [-0.1, -0.05) is 0 Å². The normalized spacial score (nSPS) is 17.4. The molecule has 17 heavy (non-hydrogen) atoms. The van der Waals surface area contributed by atoms with Gasteiger partial charge < -0.3 is 10.0 Å².